The summed E-state index contributed by atoms with van der Waals surface area (Å²) in [5.74, 6) is -0.273. The molecule has 0 radical (unpaired) electrons. The zero-order valence-electron chi connectivity index (χ0n) is 17.7. The number of aryl methyl sites for hydroxylation is 1. The normalized spacial score (nSPS) is 14.3. The number of nitrogens with zero attached hydrogens (tertiary/aromatic N) is 2. The molecule has 0 N–H and O–H groups in total. The Morgan fingerprint density at radius 3 is 2.42 bits per heavy atom. The van der Waals surface area contributed by atoms with Crippen LogP contribution < -0.4 is 0 Å². The van der Waals surface area contributed by atoms with Crippen molar-refractivity contribution < 1.29 is 13.2 Å². The van der Waals surface area contributed by atoms with Gasteiger partial charge in [-0.05, 0) is 46.5 Å². The molecule has 0 atom stereocenters. The molecule has 1 amide bonds. The molecular formula is C24H26N2O3S2. The van der Waals surface area contributed by atoms with E-state index in [-0.39, 0.29) is 15.7 Å². The van der Waals surface area contributed by atoms with Crippen LogP contribution in [-0.4, -0.2) is 37.1 Å². The lowest BCUT2D eigenvalue weighted by molar-refractivity contribution is 0.0786. The minimum absolute atomic E-state index is 0.107. The van der Waals surface area contributed by atoms with Crippen LogP contribution in [0.2, 0.25) is 0 Å². The van der Waals surface area contributed by atoms with Gasteiger partial charge < -0.3 is 4.90 Å². The summed E-state index contributed by atoms with van der Waals surface area (Å²) in [5.41, 5.74) is 4.46. The number of thiophene rings is 1. The van der Waals surface area contributed by atoms with Crippen LogP contribution in [0.1, 0.15) is 38.8 Å². The molecule has 0 fully saturated rings. The summed E-state index contributed by atoms with van der Waals surface area (Å²) in [4.78, 5) is 15.1. The number of amides is 1. The summed E-state index contributed by atoms with van der Waals surface area (Å²) in [5, 5.41) is 1.68. The fourth-order valence-electron chi connectivity index (χ4n) is 3.87. The first-order valence-corrected chi connectivity index (χ1v) is 12.7. The monoisotopic (exact) mass is 454 g/mol. The van der Waals surface area contributed by atoms with Crippen molar-refractivity contribution in [2.75, 3.05) is 13.6 Å². The fourth-order valence-corrected chi connectivity index (χ4v) is 6.68. The molecule has 4 rings (SSSR count). The van der Waals surface area contributed by atoms with Gasteiger partial charge in [-0.15, -0.1) is 11.3 Å². The number of benzene rings is 2. The average Bonchev–Trinajstić information content (AvgIpc) is 3.29. The molecule has 3 aromatic rings. The van der Waals surface area contributed by atoms with Gasteiger partial charge in [0.25, 0.3) is 5.91 Å². The first kappa shape index (κ1) is 21.7. The second kappa shape index (κ2) is 8.94. The van der Waals surface area contributed by atoms with Gasteiger partial charge >= 0.3 is 0 Å². The smallest absolute Gasteiger partial charge is 0.265 e. The van der Waals surface area contributed by atoms with E-state index in [2.05, 4.69) is 19.1 Å². The van der Waals surface area contributed by atoms with Crippen molar-refractivity contribution in [3.8, 4) is 0 Å². The molecule has 2 heterocycles. The summed E-state index contributed by atoms with van der Waals surface area (Å²) >= 11 is 1.18. The van der Waals surface area contributed by atoms with Crippen molar-refractivity contribution in [3.05, 3.63) is 87.1 Å². The molecule has 1 aliphatic heterocycles. The fraction of sp³-hybridized carbons (Fsp3) is 0.292. The molecule has 0 saturated carbocycles. The van der Waals surface area contributed by atoms with E-state index in [1.54, 1.807) is 23.4 Å². The third kappa shape index (κ3) is 4.44. The Morgan fingerprint density at radius 1 is 1.03 bits per heavy atom. The maximum absolute atomic E-state index is 13.4. The molecule has 2 aromatic carbocycles. The number of hydrogen-bond donors (Lipinski definition) is 0. The number of fused-ring (bicyclic) bond motifs is 1. The van der Waals surface area contributed by atoms with Crippen LogP contribution in [-0.2, 0) is 36.0 Å². The summed E-state index contributed by atoms with van der Waals surface area (Å²) < 4.78 is 28.3. The van der Waals surface area contributed by atoms with Crippen molar-refractivity contribution in [3.63, 3.8) is 0 Å². The molecule has 31 heavy (non-hydrogen) atoms. The molecule has 0 spiro atoms. The highest BCUT2D eigenvalue weighted by Crippen LogP contribution is 2.30. The molecule has 162 valence electrons. The molecule has 1 aliphatic rings. The summed E-state index contributed by atoms with van der Waals surface area (Å²) in [6, 6.07) is 17.6. The lowest BCUT2D eigenvalue weighted by atomic mass is 10.0. The van der Waals surface area contributed by atoms with E-state index >= 15 is 0 Å². The van der Waals surface area contributed by atoms with E-state index in [1.807, 2.05) is 36.4 Å². The topological polar surface area (TPSA) is 57.7 Å². The van der Waals surface area contributed by atoms with Crippen LogP contribution in [0.25, 0.3) is 0 Å². The van der Waals surface area contributed by atoms with Crippen LogP contribution in [0.4, 0.5) is 0 Å². The molecule has 0 bridgehead atoms. The number of sulfonamides is 1. The first-order chi connectivity index (χ1) is 14.9. The molecule has 1 aromatic heterocycles. The minimum Gasteiger partial charge on any atom is -0.337 e. The molecule has 7 heteroatoms. The van der Waals surface area contributed by atoms with Gasteiger partial charge in [-0.1, -0.05) is 55.5 Å². The second-order valence-electron chi connectivity index (χ2n) is 7.80. The van der Waals surface area contributed by atoms with Crippen LogP contribution in [0.3, 0.4) is 0 Å². The van der Waals surface area contributed by atoms with E-state index in [9.17, 15) is 13.2 Å². The van der Waals surface area contributed by atoms with Gasteiger partial charge in [-0.25, -0.2) is 8.42 Å². The SMILES string of the molecule is CCc1ccc(CN(C)C(=O)c2sccc2S(=O)(=O)N2CCc3ccccc3C2)cc1. The lowest BCUT2D eigenvalue weighted by Gasteiger charge is -2.28. The van der Waals surface area contributed by atoms with Gasteiger partial charge in [-0.2, -0.15) is 4.31 Å². The Labute approximate surface area is 188 Å². The average molecular weight is 455 g/mol. The second-order valence-corrected chi connectivity index (χ2v) is 10.6. The Kier molecular flexibility index (Phi) is 6.27. The molecule has 0 aliphatic carbocycles. The van der Waals surface area contributed by atoms with Gasteiger partial charge in [-0.3, -0.25) is 4.79 Å². The van der Waals surface area contributed by atoms with E-state index in [4.69, 9.17) is 0 Å². The van der Waals surface area contributed by atoms with E-state index < -0.39 is 10.0 Å². The molecule has 0 saturated heterocycles. The van der Waals surface area contributed by atoms with E-state index in [0.717, 1.165) is 17.5 Å². The van der Waals surface area contributed by atoms with Crippen molar-refractivity contribution in [1.29, 1.82) is 0 Å². The highest BCUT2D eigenvalue weighted by atomic mass is 32.2. The highest BCUT2D eigenvalue weighted by Gasteiger charge is 2.33. The Morgan fingerprint density at radius 2 is 1.71 bits per heavy atom. The van der Waals surface area contributed by atoms with E-state index in [0.29, 0.717) is 26.1 Å². The molecule has 0 unspecified atom stereocenters. The number of carbonyl (C=O) groups is 1. The van der Waals surface area contributed by atoms with Gasteiger partial charge in [0.15, 0.2) is 0 Å². The third-order valence-corrected chi connectivity index (χ3v) is 8.65. The van der Waals surface area contributed by atoms with Gasteiger partial charge in [0.2, 0.25) is 10.0 Å². The van der Waals surface area contributed by atoms with Crippen LogP contribution in [0.15, 0.2) is 64.9 Å². The van der Waals surface area contributed by atoms with Crippen molar-refractivity contribution in [2.45, 2.75) is 37.8 Å². The summed E-state index contributed by atoms with van der Waals surface area (Å²) in [6.45, 7) is 3.28. The lowest BCUT2D eigenvalue weighted by Crippen LogP contribution is -2.37. The van der Waals surface area contributed by atoms with Gasteiger partial charge in [0.05, 0.1) is 0 Å². The highest BCUT2D eigenvalue weighted by molar-refractivity contribution is 7.89. The predicted octanol–water partition coefficient (Wildman–Crippen LogP) is 4.33. The maximum Gasteiger partial charge on any atom is 0.265 e. The Bertz CT molecular complexity index is 1180. The first-order valence-electron chi connectivity index (χ1n) is 10.4. The standard InChI is InChI=1S/C24H26N2O3S2/c1-3-18-8-10-19(11-9-18)16-25(2)24(27)23-22(13-15-30-23)31(28,29)26-14-12-20-6-4-5-7-21(20)17-26/h4-11,13,15H,3,12,14,16-17H2,1-2H3. The molecule has 5 nitrogen and oxygen atoms in total. The van der Waals surface area contributed by atoms with Crippen LogP contribution in [0.5, 0.6) is 0 Å². The zero-order valence-corrected chi connectivity index (χ0v) is 19.4. The van der Waals surface area contributed by atoms with Crippen LogP contribution >= 0.6 is 11.3 Å². The third-order valence-electron chi connectivity index (χ3n) is 5.73. The largest absolute Gasteiger partial charge is 0.337 e. The predicted molar refractivity (Wildman–Crippen MR) is 124 cm³/mol. The number of hydrogen-bond acceptors (Lipinski definition) is 4. The number of rotatable bonds is 6. The zero-order chi connectivity index (χ0) is 22.0. The molecular weight excluding hydrogens is 428 g/mol. The van der Waals surface area contributed by atoms with Gasteiger partial charge in [0.1, 0.15) is 9.77 Å². The van der Waals surface area contributed by atoms with Crippen molar-refractivity contribution in [2.24, 2.45) is 0 Å². The van der Waals surface area contributed by atoms with Crippen molar-refractivity contribution in [1.82, 2.24) is 9.21 Å². The van der Waals surface area contributed by atoms with Crippen LogP contribution in [0, 0.1) is 0 Å². The minimum atomic E-state index is -3.76. The van der Waals surface area contributed by atoms with E-state index in [1.165, 1.54) is 26.8 Å². The summed E-state index contributed by atoms with van der Waals surface area (Å²) in [6.07, 6.45) is 1.64. The number of carbonyl (C=O) groups excluding carboxylic acids is 1. The quantitative estimate of drug-likeness (QED) is 0.557. The van der Waals surface area contributed by atoms with Gasteiger partial charge in [0, 0.05) is 26.7 Å². The maximum atomic E-state index is 13.4. The van der Waals surface area contributed by atoms with Crippen molar-refractivity contribution >= 4 is 27.3 Å². The Balaban J connectivity index is 1.54. The summed E-state index contributed by atoms with van der Waals surface area (Å²) in [7, 11) is -2.04. The Hall–Kier alpha value is -2.48.